The van der Waals surface area contributed by atoms with Crippen molar-refractivity contribution < 1.29 is 9.53 Å². The first-order chi connectivity index (χ1) is 17.0. The van der Waals surface area contributed by atoms with Gasteiger partial charge in [0.2, 0.25) is 5.91 Å². The van der Waals surface area contributed by atoms with Crippen LogP contribution in [-0.2, 0) is 4.79 Å². The van der Waals surface area contributed by atoms with Crippen LogP contribution < -0.4 is 15.0 Å². The molecule has 9 heteroatoms. The Balaban J connectivity index is 1.23. The predicted molar refractivity (Wildman–Crippen MR) is 136 cm³/mol. The molecule has 2 aromatic heterocycles. The molecule has 8 nitrogen and oxygen atoms in total. The van der Waals surface area contributed by atoms with Crippen molar-refractivity contribution in [2.24, 2.45) is 5.92 Å². The van der Waals surface area contributed by atoms with E-state index in [1.165, 1.54) is 0 Å². The first-order valence-electron chi connectivity index (χ1n) is 11.7. The zero-order valence-electron chi connectivity index (χ0n) is 19.7. The van der Waals surface area contributed by atoms with Crippen LogP contribution in [0.4, 0.5) is 5.82 Å². The first kappa shape index (κ1) is 23.1. The van der Waals surface area contributed by atoms with Crippen molar-refractivity contribution >= 4 is 29.0 Å². The van der Waals surface area contributed by atoms with Gasteiger partial charge in [-0.15, -0.1) is 15.3 Å². The van der Waals surface area contributed by atoms with Gasteiger partial charge in [0.1, 0.15) is 11.6 Å². The molecular weight excluding hydrogens is 464 g/mol. The number of fused-ring (bicyclic) bond motifs is 1. The standard InChI is InChI=1S/C26H27ClN6O2/c1-17(18-5-9-22(35-2)10-6-18)28-26(34)20-13-15-32(16-14-20)24-12-11-23-29-30-25(33(23)31-24)19-3-7-21(27)8-4-19/h3-12,17,20H,13-16H2,1-2H3,(H,28,34)/t17-/m0/s1. The maximum atomic E-state index is 12.9. The minimum Gasteiger partial charge on any atom is -0.497 e. The summed E-state index contributed by atoms with van der Waals surface area (Å²) in [6, 6.07) is 19.1. The summed E-state index contributed by atoms with van der Waals surface area (Å²) >= 11 is 6.02. The van der Waals surface area contributed by atoms with Gasteiger partial charge in [-0.1, -0.05) is 23.7 Å². The average Bonchev–Trinajstić information content (AvgIpc) is 3.32. The van der Waals surface area contributed by atoms with Crippen molar-refractivity contribution in [3.8, 4) is 17.1 Å². The number of carbonyl (C=O) groups excluding carboxylic acids is 1. The van der Waals surface area contributed by atoms with E-state index in [-0.39, 0.29) is 17.9 Å². The lowest BCUT2D eigenvalue weighted by Crippen LogP contribution is -2.41. The number of benzene rings is 2. The fraction of sp³-hybridized carbons (Fsp3) is 0.308. The zero-order chi connectivity index (χ0) is 24.4. The molecule has 1 amide bonds. The van der Waals surface area contributed by atoms with E-state index in [0.717, 1.165) is 48.6 Å². The van der Waals surface area contributed by atoms with Crippen molar-refractivity contribution in [1.29, 1.82) is 0 Å². The molecule has 1 atom stereocenters. The van der Waals surface area contributed by atoms with Crippen LogP contribution in [0, 0.1) is 5.92 Å². The summed E-state index contributed by atoms with van der Waals surface area (Å²) in [5.41, 5.74) is 2.63. The van der Waals surface area contributed by atoms with Crippen molar-refractivity contribution in [2.45, 2.75) is 25.8 Å². The molecule has 1 aliphatic heterocycles. The molecule has 0 saturated carbocycles. The van der Waals surface area contributed by atoms with Crippen LogP contribution in [0.25, 0.3) is 17.0 Å². The molecule has 0 spiro atoms. The number of ether oxygens (including phenoxy) is 1. The van der Waals surface area contributed by atoms with Gasteiger partial charge in [0.05, 0.1) is 13.2 Å². The van der Waals surface area contributed by atoms with E-state index < -0.39 is 0 Å². The van der Waals surface area contributed by atoms with Crippen molar-refractivity contribution in [3.63, 3.8) is 0 Å². The summed E-state index contributed by atoms with van der Waals surface area (Å²) in [4.78, 5) is 15.1. The van der Waals surface area contributed by atoms with E-state index in [9.17, 15) is 4.79 Å². The normalized spacial score (nSPS) is 15.2. The Morgan fingerprint density at radius 3 is 2.43 bits per heavy atom. The molecule has 4 aromatic rings. The molecule has 3 heterocycles. The van der Waals surface area contributed by atoms with Gasteiger partial charge in [0.25, 0.3) is 0 Å². The number of hydrogen-bond donors (Lipinski definition) is 1. The molecule has 5 rings (SSSR count). The molecule has 0 unspecified atom stereocenters. The number of methoxy groups -OCH3 is 1. The number of anilines is 1. The van der Waals surface area contributed by atoms with Gasteiger partial charge in [0, 0.05) is 29.6 Å². The average molecular weight is 491 g/mol. The number of piperidine rings is 1. The van der Waals surface area contributed by atoms with Gasteiger partial charge in [-0.3, -0.25) is 4.79 Å². The summed E-state index contributed by atoms with van der Waals surface area (Å²) in [7, 11) is 1.64. The first-order valence-corrected chi connectivity index (χ1v) is 12.1. The van der Waals surface area contributed by atoms with Gasteiger partial charge in [-0.05, 0) is 73.9 Å². The van der Waals surface area contributed by atoms with E-state index in [2.05, 4.69) is 20.4 Å². The molecule has 0 bridgehead atoms. The van der Waals surface area contributed by atoms with Gasteiger partial charge >= 0.3 is 0 Å². The topological polar surface area (TPSA) is 84.6 Å². The summed E-state index contributed by atoms with van der Waals surface area (Å²) in [5.74, 6) is 2.40. The number of amides is 1. The van der Waals surface area contributed by atoms with Crippen LogP contribution >= 0.6 is 11.6 Å². The van der Waals surface area contributed by atoms with Crippen molar-refractivity contribution in [1.82, 2.24) is 25.1 Å². The summed E-state index contributed by atoms with van der Waals surface area (Å²) < 4.78 is 6.97. The Hall–Kier alpha value is -3.65. The van der Waals surface area contributed by atoms with Crippen LogP contribution in [-0.4, -0.2) is 45.9 Å². The van der Waals surface area contributed by atoms with Crippen molar-refractivity contribution in [2.75, 3.05) is 25.1 Å². The second-order valence-corrected chi connectivity index (χ2v) is 9.19. The maximum Gasteiger partial charge on any atom is 0.223 e. The third-order valence-corrected chi connectivity index (χ3v) is 6.77. The quantitative estimate of drug-likeness (QED) is 0.427. The van der Waals surface area contributed by atoms with E-state index in [1.54, 1.807) is 11.6 Å². The van der Waals surface area contributed by atoms with Gasteiger partial charge in [-0.25, -0.2) is 0 Å². The van der Waals surface area contributed by atoms with E-state index in [1.807, 2.05) is 67.6 Å². The van der Waals surface area contributed by atoms with Crippen molar-refractivity contribution in [3.05, 3.63) is 71.2 Å². The van der Waals surface area contributed by atoms with Crippen LogP contribution in [0.1, 0.15) is 31.4 Å². The van der Waals surface area contributed by atoms with Gasteiger partial charge in [0.15, 0.2) is 11.5 Å². The molecule has 0 radical (unpaired) electrons. The third-order valence-electron chi connectivity index (χ3n) is 6.52. The molecule has 35 heavy (non-hydrogen) atoms. The number of rotatable bonds is 6. The number of halogens is 1. The summed E-state index contributed by atoms with van der Waals surface area (Å²) in [6.45, 7) is 3.52. The smallest absolute Gasteiger partial charge is 0.223 e. The number of nitrogens with zero attached hydrogens (tertiary/aromatic N) is 5. The lowest BCUT2D eigenvalue weighted by Gasteiger charge is -2.32. The fourth-order valence-electron chi connectivity index (χ4n) is 4.40. The Labute approximate surface area is 208 Å². The number of aromatic nitrogens is 4. The van der Waals surface area contributed by atoms with E-state index in [4.69, 9.17) is 21.4 Å². The number of nitrogens with one attached hydrogen (secondary N) is 1. The van der Waals surface area contributed by atoms with Crippen LogP contribution in [0.3, 0.4) is 0 Å². The second kappa shape index (κ2) is 9.92. The fourth-order valence-corrected chi connectivity index (χ4v) is 4.53. The maximum absolute atomic E-state index is 12.9. The minimum atomic E-state index is -0.0597. The highest BCUT2D eigenvalue weighted by molar-refractivity contribution is 6.30. The van der Waals surface area contributed by atoms with Crippen LogP contribution in [0.2, 0.25) is 5.02 Å². The van der Waals surface area contributed by atoms with Gasteiger partial charge < -0.3 is 15.0 Å². The molecule has 180 valence electrons. The molecule has 0 aliphatic carbocycles. The molecule has 2 aromatic carbocycles. The minimum absolute atomic E-state index is 0.0183. The SMILES string of the molecule is COc1ccc([C@H](C)NC(=O)C2CCN(c3ccc4nnc(-c5ccc(Cl)cc5)n4n3)CC2)cc1. The number of carbonyl (C=O) groups is 1. The van der Waals surface area contributed by atoms with Crippen LogP contribution in [0.15, 0.2) is 60.7 Å². The number of hydrogen-bond acceptors (Lipinski definition) is 6. The molecule has 1 aliphatic rings. The highest BCUT2D eigenvalue weighted by Gasteiger charge is 2.27. The molecule has 1 N–H and O–H groups in total. The molecule has 1 fully saturated rings. The predicted octanol–water partition coefficient (Wildman–Crippen LogP) is 4.55. The van der Waals surface area contributed by atoms with Crippen LogP contribution in [0.5, 0.6) is 5.75 Å². The Morgan fingerprint density at radius 1 is 1.03 bits per heavy atom. The highest BCUT2D eigenvalue weighted by Crippen LogP contribution is 2.26. The Morgan fingerprint density at radius 2 is 1.74 bits per heavy atom. The second-order valence-electron chi connectivity index (χ2n) is 8.76. The lowest BCUT2D eigenvalue weighted by atomic mass is 9.95. The van der Waals surface area contributed by atoms with E-state index >= 15 is 0 Å². The largest absolute Gasteiger partial charge is 0.497 e. The molecule has 1 saturated heterocycles. The Bertz CT molecular complexity index is 1310. The summed E-state index contributed by atoms with van der Waals surface area (Å²) in [6.07, 6.45) is 1.54. The third kappa shape index (κ3) is 4.93. The molecular formula is C26H27ClN6O2. The Kier molecular flexibility index (Phi) is 6.55. The van der Waals surface area contributed by atoms with E-state index in [0.29, 0.717) is 16.5 Å². The zero-order valence-corrected chi connectivity index (χ0v) is 20.4. The highest BCUT2D eigenvalue weighted by atomic mass is 35.5. The lowest BCUT2D eigenvalue weighted by molar-refractivity contribution is -0.126. The summed E-state index contributed by atoms with van der Waals surface area (Å²) in [5, 5.41) is 17.2. The monoisotopic (exact) mass is 490 g/mol. The van der Waals surface area contributed by atoms with Gasteiger partial charge in [-0.2, -0.15) is 4.52 Å².